The molecule has 0 spiro atoms. The highest BCUT2D eigenvalue weighted by Gasteiger charge is 2.06. The van der Waals surface area contributed by atoms with Crippen molar-refractivity contribution in [1.29, 1.82) is 0 Å². The van der Waals surface area contributed by atoms with Gasteiger partial charge in [0.1, 0.15) is 18.5 Å². The van der Waals surface area contributed by atoms with Crippen LogP contribution >= 0.6 is 0 Å². The molecule has 0 amide bonds. The lowest BCUT2D eigenvalue weighted by molar-refractivity contribution is 0.101. The highest BCUT2D eigenvalue weighted by molar-refractivity contribution is 5.35. The van der Waals surface area contributed by atoms with Crippen LogP contribution in [0.4, 0.5) is 0 Å². The predicted octanol–water partition coefficient (Wildman–Crippen LogP) is 2.23. The third kappa shape index (κ3) is 7.85. The van der Waals surface area contributed by atoms with Crippen molar-refractivity contribution in [2.45, 2.75) is 26.9 Å². The maximum absolute atomic E-state index is 9.86. The molecule has 0 heterocycles. The summed E-state index contributed by atoms with van der Waals surface area (Å²) in [6.45, 7) is 12.4. The summed E-state index contributed by atoms with van der Waals surface area (Å²) in [5.74, 6) is 0.824. The molecule has 21 heavy (non-hydrogen) atoms. The Hall–Kier alpha value is -1.36. The zero-order valence-corrected chi connectivity index (χ0v) is 13.3. The summed E-state index contributed by atoms with van der Waals surface area (Å²) < 4.78 is 11.0. The van der Waals surface area contributed by atoms with Gasteiger partial charge in [-0.25, -0.2) is 0 Å². The van der Waals surface area contributed by atoms with Crippen LogP contribution < -0.4 is 10.1 Å². The number of nitrogens with one attached hydrogen (secondary N) is 1. The van der Waals surface area contributed by atoms with E-state index in [1.165, 1.54) is 5.56 Å². The molecule has 1 rings (SSSR count). The monoisotopic (exact) mass is 293 g/mol. The molecule has 4 heteroatoms. The van der Waals surface area contributed by atoms with Gasteiger partial charge in [-0.05, 0) is 32.4 Å². The van der Waals surface area contributed by atoms with Crippen LogP contribution in [0, 0.1) is 13.8 Å². The topological polar surface area (TPSA) is 50.7 Å². The van der Waals surface area contributed by atoms with Crippen molar-refractivity contribution in [3.8, 4) is 5.75 Å². The quantitative estimate of drug-likeness (QED) is 0.513. The third-order valence-corrected chi connectivity index (χ3v) is 2.91. The third-order valence-electron chi connectivity index (χ3n) is 2.91. The van der Waals surface area contributed by atoms with Crippen molar-refractivity contribution in [2.24, 2.45) is 0 Å². The Morgan fingerprint density at radius 3 is 2.81 bits per heavy atom. The summed E-state index contributed by atoms with van der Waals surface area (Å²) in [6, 6.07) is 6.01. The predicted molar refractivity (Wildman–Crippen MR) is 85.9 cm³/mol. The summed E-state index contributed by atoms with van der Waals surface area (Å²) in [5, 5.41) is 13.0. The second-order valence-electron chi connectivity index (χ2n) is 5.45. The Morgan fingerprint density at radius 1 is 1.38 bits per heavy atom. The number of rotatable bonds is 10. The Morgan fingerprint density at radius 2 is 2.14 bits per heavy atom. The van der Waals surface area contributed by atoms with E-state index < -0.39 is 6.10 Å². The average molecular weight is 293 g/mol. The summed E-state index contributed by atoms with van der Waals surface area (Å²) in [4.78, 5) is 0. The Kier molecular flexibility index (Phi) is 8.05. The number of hydrogen-bond donors (Lipinski definition) is 2. The molecule has 1 aromatic rings. The van der Waals surface area contributed by atoms with E-state index in [0.717, 1.165) is 16.9 Å². The van der Waals surface area contributed by atoms with E-state index in [2.05, 4.69) is 18.0 Å². The fourth-order valence-electron chi connectivity index (χ4n) is 1.87. The van der Waals surface area contributed by atoms with Crippen LogP contribution in [0.3, 0.4) is 0 Å². The molecular weight excluding hydrogens is 266 g/mol. The van der Waals surface area contributed by atoms with Gasteiger partial charge in [0.2, 0.25) is 0 Å². The molecule has 0 saturated carbocycles. The van der Waals surface area contributed by atoms with Gasteiger partial charge >= 0.3 is 0 Å². The lowest BCUT2D eigenvalue weighted by atomic mass is 10.1. The van der Waals surface area contributed by atoms with E-state index in [4.69, 9.17) is 9.47 Å². The van der Waals surface area contributed by atoms with E-state index in [1.807, 2.05) is 32.9 Å². The van der Waals surface area contributed by atoms with E-state index in [-0.39, 0.29) is 6.61 Å². The summed E-state index contributed by atoms with van der Waals surface area (Å²) in [6.07, 6.45) is -0.535. The SMILES string of the molecule is C=C(C)COCCNCC(O)COc1ccc(C)cc1C. The fraction of sp³-hybridized carbons (Fsp3) is 0.529. The van der Waals surface area contributed by atoms with Gasteiger partial charge in [-0.2, -0.15) is 0 Å². The molecule has 2 N–H and O–H groups in total. The normalized spacial score (nSPS) is 12.2. The number of hydrogen-bond acceptors (Lipinski definition) is 4. The second-order valence-corrected chi connectivity index (χ2v) is 5.45. The van der Waals surface area contributed by atoms with Crippen molar-refractivity contribution in [3.05, 3.63) is 41.5 Å². The molecule has 0 saturated heterocycles. The van der Waals surface area contributed by atoms with Crippen molar-refractivity contribution in [2.75, 3.05) is 32.9 Å². The van der Waals surface area contributed by atoms with Crippen molar-refractivity contribution in [1.82, 2.24) is 5.32 Å². The summed E-state index contributed by atoms with van der Waals surface area (Å²) >= 11 is 0. The van der Waals surface area contributed by atoms with E-state index >= 15 is 0 Å². The highest BCUT2D eigenvalue weighted by atomic mass is 16.5. The van der Waals surface area contributed by atoms with Crippen LogP contribution in [0.1, 0.15) is 18.1 Å². The molecule has 118 valence electrons. The first-order chi connectivity index (χ1) is 9.99. The highest BCUT2D eigenvalue weighted by Crippen LogP contribution is 2.18. The molecule has 0 aliphatic heterocycles. The fourth-order valence-corrected chi connectivity index (χ4v) is 1.87. The van der Waals surface area contributed by atoms with Crippen molar-refractivity contribution >= 4 is 0 Å². The Balaban J connectivity index is 2.13. The van der Waals surface area contributed by atoms with Crippen molar-refractivity contribution < 1.29 is 14.6 Å². The molecule has 1 aromatic carbocycles. The van der Waals surface area contributed by atoms with Crippen LogP contribution in [-0.2, 0) is 4.74 Å². The summed E-state index contributed by atoms with van der Waals surface area (Å²) in [7, 11) is 0. The standard InChI is InChI=1S/C17H27NO3/c1-13(2)11-20-8-7-18-10-16(19)12-21-17-6-5-14(3)9-15(17)4/h5-6,9,16,18-19H,1,7-8,10-12H2,2-4H3. The minimum Gasteiger partial charge on any atom is -0.491 e. The van der Waals surface area contributed by atoms with Gasteiger partial charge in [-0.15, -0.1) is 0 Å². The minimum absolute atomic E-state index is 0.281. The van der Waals surface area contributed by atoms with Crippen LogP contribution in [0.5, 0.6) is 5.75 Å². The number of aryl methyl sites for hydroxylation is 2. The number of aliphatic hydroxyl groups excluding tert-OH is 1. The molecule has 0 aliphatic carbocycles. The van der Waals surface area contributed by atoms with Gasteiger partial charge in [0.05, 0.1) is 13.2 Å². The maximum Gasteiger partial charge on any atom is 0.122 e. The molecular formula is C17H27NO3. The van der Waals surface area contributed by atoms with Gasteiger partial charge in [0.15, 0.2) is 0 Å². The van der Waals surface area contributed by atoms with E-state index in [1.54, 1.807) is 0 Å². The van der Waals surface area contributed by atoms with Gasteiger partial charge < -0.3 is 19.9 Å². The average Bonchev–Trinajstić information content (AvgIpc) is 2.41. The van der Waals surface area contributed by atoms with Gasteiger partial charge in [0, 0.05) is 13.1 Å². The molecule has 0 radical (unpaired) electrons. The second kappa shape index (κ2) is 9.55. The van der Waals surface area contributed by atoms with E-state index in [9.17, 15) is 5.11 Å². The first-order valence-corrected chi connectivity index (χ1v) is 7.30. The Bertz CT molecular complexity index is 446. The number of benzene rings is 1. The van der Waals surface area contributed by atoms with Crippen LogP contribution in [0.2, 0.25) is 0 Å². The summed E-state index contributed by atoms with van der Waals surface area (Å²) in [5.41, 5.74) is 3.30. The lowest BCUT2D eigenvalue weighted by Crippen LogP contribution is -2.33. The number of ether oxygens (including phenoxy) is 2. The van der Waals surface area contributed by atoms with Gasteiger partial charge in [0.25, 0.3) is 0 Å². The molecule has 4 nitrogen and oxygen atoms in total. The van der Waals surface area contributed by atoms with E-state index in [0.29, 0.717) is 26.3 Å². The molecule has 1 unspecified atom stereocenters. The molecule has 1 atom stereocenters. The molecule has 0 aliphatic rings. The van der Waals surface area contributed by atoms with Crippen LogP contribution in [0.15, 0.2) is 30.4 Å². The molecule has 0 aromatic heterocycles. The molecule has 0 bridgehead atoms. The van der Waals surface area contributed by atoms with Gasteiger partial charge in [-0.3, -0.25) is 0 Å². The zero-order valence-electron chi connectivity index (χ0n) is 13.3. The largest absolute Gasteiger partial charge is 0.491 e. The van der Waals surface area contributed by atoms with Gasteiger partial charge in [-0.1, -0.05) is 29.8 Å². The molecule has 0 fully saturated rings. The minimum atomic E-state index is -0.535. The first kappa shape index (κ1) is 17.7. The first-order valence-electron chi connectivity index (χ1n) is 7.30. The van der Waals surface area contributed by atoms with Crippen molar-refractivity contribution in [3.63, 3.8) is 0 Å². The smallest absolute Gasteiger partial charge is 0.122 e. The van der Waals surface area contributed by atoms with Crippen LogP contribution in [0.25, 0.3) is 0 Å². The Labute approximate surface area is 127 Å². The lowest BCUT2D eigenvalue weighted by Gasteiger charge is -2.15. The number of aliphatic hydroxyl groups is 1. The zero-order chi connectivity index (χ0) is 15.7. The maximum atomic E-state index is 9.86. The van der Waals surface area contributed by atoms with Crippen LogP contribution in [-0.4, -0.2) is 44.1 Å².